The summed E-state index contributed by atoms with van der Waals surface area (Å²) in [5.74, 6) is -1.45. The van der Waals surface area contributed by atoms with E-state index in [9.17, 15) is 14.4 Å². The SMILES string of the molecule is O=C(COC(=O)C1(c2ccc(Cl)cc2)CCCC1)NNC(=O)c1cccs1. The highest BCUT2D eigenvalue weighted by Crippen LogP contribution is 2.42. The molecular weight excluding hydrogens is 388 g/mol. The zero-order chi connectivity index (χ0) is 19.3. The minimum absolute atomic E-state index is 0.418. The molecule has 142 valence electrons. The summed E-state index contributed by atoms with van der Waals surface area (Å²) in [5, 5.41) is 2.36. The lowest BCUT2D eigenvalue weighted by Crippen LogP contribution is -2.44. The second-order valence-corrected chi connectivity index (χ2v) is 7.74. The van der Waals surface area contributed by atoms with Gasteiger partial charge in [-0.3, -0.25) is 25.2 Å². The van der Waals surface area contributed by atoms with Crippen LogP contribution >= 0.6 is 22.9 Å². The van der Waals surface area contributed by atoms with Crippen LogP contribution in [-0.4, -0.2) is 24.4 Å². The van der Waals surface area contributed by atoms with Crippen LogP contribution in [0.1, 0.15) is 40.9 Å². The quantitative estimate of drug-likeness (QED) is 0.589. The molecule has 0 aliphatic heterocycles. The molecule has 0 saturated heterocycles. The number of hydrazine groups is 1. The zero-order valence-corrected chi connectivity index (χ0v) is 16.1. The Labute approximate surface area is 165 Å². The predicted molar refractivity (Wildman–Crippen MR) is 102 cm³/mol. The van der Waals surface area contributed by atoms with E-state index in [4.69, 9.17) is 16.3 Å². The van der Waals surface area contributed by atoms with Crippen LogP contribution in [0, 0.1) is 0 Å². The normalized spacial score (nSPS) is 15.1. The molecule has 0 bridgehead atoms. The van der Waals surface area contributed by atoms with Gasteiger partial charge in [0.05, 0.1) is 10.3 Å². The second-order valence-electron chi connectivity index (χ2n) is 6.35. The molecule has 1 aromatic carbocycles. The van der Waals surface area contributed by atoms with Gasteiger partial charge in [0.25, 0.3) is 11.8 Å². The first-order valence-electron chi connectivity index (χ1n) is 8.57. The van der Waals surface area contributed by atoms with E-state index in [1.807, 2.05) is 12.1 Å². The maximum atomic E-state index is 12.8. The molecule has 6 nitrogen and oxygen atoms in total. The molecule has 1 aliphatic carbocycles. The van der Waals surface area contributed by atoms with Crippen LogP contribution in [0.5, 0.6) is 0 Å². The number of carbonyl (C=O) groups excluding carboxylic acids is 3. The van der Waals surface area contributed by atoms with E-state index in [-0.39, 0.29) is 0 Å². The van der Waals surface area contributed by atoms with Crippen LogP contribution in [0.2, 0.25) is 5.02 Å². The van der Waals surface area contributed by atoms with Gasteiger partial charge < -0.3 is 4.74 Å². The van der Waals surface area contributed by atoms with Crippen LogP contribution in [-0.2, 0) is 19.7 Å². The zero-order valence-electron chi connectivity index (χ0n) is 14.5. The molecule has 3 rings (SSSR count). The van der Waals surface area contributed by atoms with Gasteiger partial charge in [0, 0.05) is 5.02 Å². The number of esters is 1. The monoisotopic (exact) mass is 406 g/mol. The van der Waals surface area contributed by atoms with E-state index in [1.165, 1.54) is 11.3 Å². The van der Waals surface area contributed by atoms with Crippen molar-refractivity contribution in [2.75, 3.05) is 6.61 Å². The number of amides is 2. The number of rotatable bonds is 5. The van der Waals surface area contributed by atoms with Crippen molar-refractivity contribution in [1.82, 2.24) is 10.9 Å². The fourth-order valence-electron chi connectivity index (χ4n) is 3.26. The van der Waals surface area contributed by atoms with Gasteiger partial charge in [-0.05, 0) is 42.0 Å². The Bertz CT molecular complexity index is 815. The molecule has 1 heterocycles. The lowest BCUT2D eigenvalue weighted by Gasteiger charge is -2.27. The maximum absolute atomic E-state index is 12.8. The van der Waals surface area contributed by atoms with Gasteiger partial charge in [-0.15, -0.1) is 11.3 Å². The van der Waals surface area contributed by atoms with E-state index in [0.29, 0.717) is 22.7 Å². The van der Waals surface area contributed by atoms with Crippen LogP contribution in [0.15, 0.2) is 41.8 Å². The summed E-state index contributed by atoms with van der Waals surface area (Å²) >= 11 is 7.20. The van der Waals surface area contributed by atoms with Gasteiger partial charge >= 0.3 is 5.97 Å². The van der Waals surface area contributed by atoms with E-state index in [1.54, 1.807) is 29.6 Å². The summed E-state index contributed by atoms with van der Waals surface area (Å²) in [6, 6.07) is 10.5. The molecule has 0 atom stereocenters. The lowest BCUT2D eigenvalue weighted by atomic mass is 9.79. The molecule has 1 fully saturated rings. The van der Waals surface area contributed by atoms with Crippen molar-refractivity contribution in [2.24, 2.45) is 0 Å². The molecule has 2 N–H and O–H groups in total. The summed E-state index contributed by atoms with van der Waals surface area (Å²) in [5.41, 5.74) is 4.64. The number of carbonyl (C=O) groups is 3. The summed E-state index contributed by atoms with van der Waals surface area (Å²) < 4.78 is 5.27. The number of hydrogen-bond donors (Lipinski definition) is 2. The molecule has 2 amide bonds. The number of benzene rings is 1. The van der Waals surface area contributed by atoms with Gasteiger partial charge in [-0.25, -0.2) is 0 Å². The second kappa shape index (κ2) is 8.54. The third-order valence-electron chi connectivity index (χ3n) is 4.64. The van der Waals surface area contributed by atoms with Crippen molar-refractivity contribution in [3.8, 4) is 0 Å². The number of halogens is 1. The third-order valence-corrected chi connectivity index (χ3v) is 5.76. The molecule has 8 heteroatoms. The fourth-order valence-corrected chi connectivity index (χ4v) is 4.00. The van der Waals surface area contributed by atoms with Crippen molar-refractivity contribution < 1.29 is 19.1 Å². The smallest absolute Gasteiger partial charge is 0.317 e. The molecule has 1 saturated carbocycles. The highest BCUT2D eigenvalue weighted by Gasteiger charge is 2.44. The average Bonchev–Trinajstić information content (AvgIpc) is 3.37. The fraction of sp³-hybridized carbons (Fsp3) is 0.316. The Morgan fingerprint density at radius 2 is 1.78 bits per heavy atom. The predicted octanol–water partition coefficient (Wildman–Crippen LogP) is 3.22. The Morgan fingerprint density at radius 1 is 1.07 bits per heavy atom. The van der Waals surface area contributed by atoms with Crippen LogP contribution in [0.25, 0.3) is 0 Å². The van der Waals surface area contributed by atoms with Crippen LogP contribution in [0.4, 0.5) is 0 Å². The molecule has 0 unspecified atom stereocenters. The minimum atomic E-state index is -0.745. The highest BCUT2D eigenvalue weighted by molar-refractivity contribution is 7.12. The summed E-state index contributed by atoms with van der Waals surface area (Å²) in [6.07, 6.45) is 3.18. The van der Waals surface area contributed by atoms with Gasteiger partial charge in [-0.1, -0.05) is 42.6 Å². The number of nitrogens with one attached hydrogen (secondary N) is 2. The number of hydrogen-bond acceptors (Lipinski definition) is 5. The largest absolute Gasteiger partial charge is 0.455 e. The molecule has 27 heavy (non-hydrogen) atoms. The Morgan fingerprint density at radius 3 is 2.41 bits per heavy atom. The van der Waals surface area contributed by atoms with E-state index >= 15 is 0 Å². The molecule has 1 aliphatic rings. The van der Waals surface area contributed by atoms with Crippen LogP contribution in [0.3, 0.4) is 0 Å². The first-order chi connectivity index (χ1) is 13.0. The maximum Gasteiger partial charge on any atom is 0.317 e. The van der Waals surface area contributed by atoms with E-state index < -0.39 is 29.8 Å². The number of thiophene rings is 1. The third kappa shape index (κ3) is 4.48. The highest BCUT2D eigenvalue weighted by atomic mass is 35.5. The van der Waals surface area contributed by atoms with E-state index in [0.717, 1.165) is 18.4 Å². The minimum Gasteiger partial charge on any atom is -0.455 e. The van der Waals surface area contributed by atoms with Gasteiger partial charge in [0.15, 0.2) is 6.61 Å². The van der Waals surface area contributed by atoms with Crippen LogP contribution < -0.4 is 10.9 Å². The standard InChI is InChI=1S/C19H19ClN2O4S/c20-14-7-5-13(6-8-14)19(9-1-2-10-19)18(25)26-12-16(23)21-22-17(24)15-4-3-11-27-15/h3-8,11H,1-2,9-10,12H2,(H,21,23)(H,22,24). The molecule has 0 spiro atoms. The van der Waals surface area contributed by atoms with Gasteiger partial charge in [0.1, 0.15) is 0 Å². The van der Waals surface area contributed by atoms with Crippen molar-refractivity contribution in [2.45, 2.75) is 31.1 Å². The van der Waals surface area contributed by atoms with Crippen molar-refractivity contribution in [3.63, 3.8) is 0 Å². The van der Waals surface area contributed by atoms with Crippen molar-refractivity contribution in [1.29, 1.82) is 0 Å². The molecule has 2 aromatic rings. The van der Waals surface area contributed by atoms with Gasteiger partial charge in [-0.2, -0.15) is 0 Å². The average molecular weight is 407 g/mol. The number of ether oxygens (including phenoxy) is 1. The Hall–Kier alpha value is -2.38. The Balaban J connectivity index is 1.56. The molecule has 0 radical (unpaired) electrons. The van der Waals surface area contributed by atoms with Crippen molar-refractivity contribution >= 4 is 40.7 Å². The molecular formula is C19H19ClN2O4S. The van der Waals surface area contributed by atoms with Gasteiger partial charge in [0.2, 0.25) is 0 Å². The lowest BCUT2D eigenvalue weighted by molar-refractivity contribution is -0.154. The first kappa shape index (κ1) is 19.4. The molecule has 1 aromatic heterocycles. The summed E-state index contributed by atoms with van der Waals surface area (Å²) in [6.45, 7) is -0.459. The first-order valence-corrected chi connectivity index (χ1v) is 9.83. The summed E-state index contributed by atoms with van der Waals surface area (Å²) in [4.78, 5) is 36.9. The van der Waals surface area contributed by atoms with Crippen molar-refractivity contribution in [3.05, 3.63) is 57.2 Å². The summed E-state index contributed by atoms with van der Waals surface area (Å²) in [7, 11) is 0. The Kier molecular flexibility index (Phi) is 6.13. The topological polar surface area (TPSA) is 84.5 Å². The van der Waals surface area contributed by atoms with E-state index in [2.05, 4.69) is 10.9 Å².